The molecule has 1 unspecified atom stereocenters. The van der Waals surface area contributed by atoms with Gasteiger partial charge in [0.05, 0.1) is 21.7 Å². The molecule has 16 heavy (non-hydrogen) atoms. The molecule has 0 aliphatic carbocycles. The first-order chi connectivity index (χ1) is 7.58. The molecule has 0 N–H and O–H groups in total. The van der Waals surface area contributed by atoms with Crippen molar-refractivity contribution in [1.29, 1.82) is 0 Å². The van der Waals surface area contributed by atoms with E-state index in [1.807, 2.05) is 0 Å². The van der Waals surface area contributed by atoms with Crippen molar-refractivity contribution in [3.8, 4) is 5.69 Å². The molecule has 84 valence electrons. The van der Waals surface area contributed by atoms with Crippen molar-refractivity contribution in [1.82, 2.24) is 15.0 Å². The summed E-state index contributed by atoms with van der Waals surface area (Å²) in [6.45, 7) is 1.80. The Kier molecular flexibility index (Phi) is 3.25. The van der Waals surface area contributed by atoms with Gasteiger partial charge in [-0.05, 0) is 35.0 Å². The summed E-state index contributed by atoms with van der Waals surface area (Å²) in [5.74, 6) is -0.339. The molecule has 0 aliphatic heterocycles. The van der Waals surface area contributed by atoms with Gasteiger partial charge in [0.2, 0.25) is 0 Å². The minimum atomic E-state index is -0.339. The smallest absolute Gasteiger partial charge is 0.139 e. The lowest BCUT2D eigenvalue weighted by molar-refractivity contribution is 0.618. The highest BCUT2D eigenvalue weighted by Crippen LogP contribution is 2.20. The number of rotatable bonds is 2. The van der Waals surface area contributed by atoms with Gasteiger partial charge in [-0.3, -0.25) is 0 Å². The molecule has 1 atom stereocenters. The summed E-state index contributed by atoms with van der Waals surface area (Å²) in [6, 6.07) is 4.74. The molecular weight excluding hydrogens is 296 g/mol. The average Bonchev–Trinajstić information content (AvgIpc) is 2.71. The van der Waals surface area contributed by atoms with Gasteiger partial charge in [-0.1, -0.05) is 5.21 Å². The van der Waals surface area contributed by atoms with Crippen LogP contribution in [0.15, 0.2) is 28.9 Å². The van der Waals surface area contributed by atoms with Gasteiger partial charge < -0.3 is 0 Å². The van der Waals surface area contributed by atoms with Crippen molar-refractivity contribution in [2.24, 2.45) is 0 Å². The Balaban J connectivity index is 2.39. The highest BCUT2D eigenvalue weighted by Gasteiger charge is 2.08. The van der Waals surface area contributed by atoms with Crippen molar-refractivity contribution >= 4 is 27.5 Å². The van der Waals surface area contributed by atoms with Gasteiger partial charge in [-0.15, -0.1) is 16.7 Å². The Bertz CT molecular complexity index is 513. The van der Waals surface area contributed by atoms with E-state index < -0.39 is 0 Å². The van der Waals surface area contributed by atoms with Gasteiger partial charge in [-0.2, -0.15) is 0 Å². The highest BCUT2D eigenvalue weighted by molar-refractivity contribution is 9.10. The van der Waals surface area contributed by atoms with Crippen LogP contribution in [0.5, 0.6) is 0 Å². The molecule has 0 radical (unpaired) electrons. The molecular formula is C10H8BrClFN3. The second-order valence-electron chi connectivity index (χ2n) is 3.30. The third-order valence-electron chi connectivity index (χ3n) is 2.09. The van der Waals surface area contributed by atoms with Crippen LogP contribution in [0.3, 0.4) is 0 Å². The van der Waals surface area contributed by atoms with Crippen LogP contribution in [0.2, 0.25) is 0 Å². The Morgan fingerprint density at radius 3 is 2.81 bits per heavy atom. The molecule has 3 nitrogen and oxygen atoms in total. The predicted octanol–water partition coefficient (Wildman–Crippen LogP) is 3.47. The first kappa shape index (κ1) is 11.5. The van der Waals surface area contributed by atoms with Crippen molar-refractivity contribution in [2.45, 2.75) is 12.3 Å². The molecule has 2 aromatic rings. The number of aromatic nitrogens is 3. The van der Waals surface area contributed by atoms with Crippen LogP contribution >= 0.6 is 27.5 Å². The Morgan fingerprint density at radius 1 is 1.50 bits per heavy atom. The second kappa shape index (κ2) is 4.51. The zero-order valence-corrected chi connectivity index (χ0v) is 10.7. The summed E-state index contributed by atoms with van der Waals surface area (Å²) in [7, 11) is 0. The molecule has 6 heteroatoms. The fourth-order valence-corrected chi connectivity index (χ4v) is 1.56. The topological polar surface area (TPSA) is 30.7 Å². The Hall–Kier alpha value is -0.940. The van der Waals surface area contributed by atoms with Crippen molar-refractivity contribution in [2.75, 3.05) is 0 Å². The van der Waals surface area contributed by atoms with E-state index in [1.54, 1.807) is 25.3 Å². The third-order valence-corrected chi connectivity index (χ3v) is 2.95. The van der Waals surface area contributed by atoms with Gasteiger partial charge >= 0.3 is 0 Å². The van der Waals surface area contributed by atoms with Crippen LogP contribution in [0.25, 0.3) is 5.69 Å². The number of alkyl halides is 1. The first-order valence-electron chi connectivity index (χ1n) is 4.59. The maximum atomic E-state index is 13.3. The molecule has 0 bridgehead atoms. The fourth-order valence-electron chi connectivity index (χ4n) is 1.21. The average molecular weight is 305 g/mol. The highest BCUT2D eigenvalue weighted by atomic mass is 79.9. The van der Waals surface area contributed by atoms with Gasteiger partial charge in [0, 0.05) is 6.07 Å². The van der Waals surface area contributed by atoms with E-state index in [0.717, 1.165) is 0 Å². The number of nitrogens with zero attached hydrogens (tertiary/aromatic N) is 3. The van der Waals surface area contributed by atoms with Gasteiger partial charge in [0.25, 0.3) is 0 Å². The SMILES string of the molecule is CC(Cl)c1cn(-c2ccc(Br)c(F)c2)nn1. The summed E-state index contributed by atoms with van der Waals surface area (Å²) in [4.78, 5) is 0. The summed E-state index contributed by atoms with van der Waals surface area (Å²) in [5, 5.41) is 7.56. The van der Waals surface area contributed by atoms with E-state index >= 15 is 0 Å². The standard InChI is InChI=1S/C10H8BrClFN3/c1-6(12)10-5-16(15-14-10)7-2-3-8(11)9(13)4-7/h2-6H,1H3. The van der Waals surface area contributed by atoms with Crippen molar-refractivity contribution < 1.29 is 4.39 Å². The van der Waals surface area contributed by atoms with Gasteiger partial charge in [0.1, 0.15) is 11.5 Å². The number of hydrogen-bond acceptors (Lipinski definition) is 2. The minimum Gasteiger partial charge on any atom is -0.220 e. The zero-order valence-electron chi connectivity index (χ0n) is 8.36. The lowest BCUT2D eigenvalue weighted by Crippen LogP contribution is -1.95. The normalized spacial score (nSPS) is 12.8. The molecule has 0 aliphatic rings. The van der Waals surface area contributed by atoms with Crippen LogP contribution in [0.4, 0.5) is 4.39 Å². The Labute approximate surface area is 105 Å². The monoisotopic (exact) mass is 303 g/mol. The van der Waals surface area contributed by atoms with E-state index in [1.165, 1.54) is 10.7 Å². The molecule has 0 saturated heterocycles. The molecule has 1 aromatic carbocycles. The summed E-state index contributed by atoms with van der Waals surface area (Å²) in [6.07, 6.45) is 1.68. The quantitative estimate of drug-likeness (QED) is 0.795. The van der Waals surface area contributed by atoms with Crippen LogP contribution < -0.4 is 0 Å². The van der Waals surface area contributed by atoms with Crippen LogP contribution in [0.1, 0.15) is 18.0 Å². The molecule has 1 heterocycles. The summed E-state index contributed by atoms with van der Waals surface area (Å²) >= 11 is 8.95. The first-order valence-corrected chi connectivity index (χ1v) is 5.82. The summed E-state index contributed by atoms with van der Waals surface area (Å²) in [5.41, 5.74) is 1.27. The maximum Gasteiger partial charge on any atom is 0.139 e. The van der Waals surface area contributed by atoms with Crippen LogP contribution in [0, 0.1) is 5.82 Å². The van der Waals surface area contributed by atoms with E-state index in [2.05, 4.69) is 26.2 Å². The van der Waals surface area contributed by atoms with Gasteiger partial charge in [0.15, 0.2) is 0 Å². The van der Waals surface area contributed by atoms with E-state index in [9.17, 15) is 4.39 Å². The lowest BCUT2D eigenvalue weighted by Gasteiger charge is -2.01. The number of halogens is 3. The van der Waals surface area contributed by atoms with Crippen LogP contribution in [-0.4, -0.2) is 15.0 Å². The predicted molar refractivity (Wildman–Crippen MR) is 63.3 cm³/mol. The maximum absolute atomic E-state index is 13.3. The molecule has 0 spiro atoms. The van der Waals surface area contributed by atoms with E-state index in [4.69, 9.17) is 11.6 Å². The Morgan fingerprint density at radius 2 is 2.25 bits per heavy atom. The van der Waals surface area contributed by atoms with E-state index in [-0.39, 0.29) is 11.2 Å². The largest absolute Gasteiger partial charge is 0.220 e. The molecule has 1 aromatic heterocycles. The second-order valence-corrected chi connectivity index (χ2v) is 4.81. The third kappa shape index (κ3) is 2.25. The number of benzene rings is 1. The van der Waals surface area contributed by atoms with Crippen LogP contribution in [-0.2, 0) is 0 Å². The fraction of sp³-hybridized carbons (Fsp3) is 0.200. The van der Waals surface area contributed by atoms with Gasteiger partial charge in [-0.25, -0.2) is 9.07 Å². The lowest BCUT2D eigenvalue weighted by atomic mass is 10.3. The van der Waals surface area contributed by atoms with Crippen molar-refractivity contribution in [3.63, 3.8) is 0 Å². The molecule has 0 saturated carbocycles. The minimum absolute atomic E-state index is 0.214. The molecule has 0 amide bonds. The van der Waals surface area contributed by atoms with E-state index in [0.29, 0.717) is 15.9 Å². The molecule has 2 rings (SSSR count). The molecule has 0 fully saturated rings. The summed E-state index contributed by atoms with van der Waals surface area (Å²) < 4.78 is 15.2. The zero-order chi connectivity index (χ0) is 11.7. The number of hydrogen-bond donors (Lipinski definition) is 0. The van der Waals surface area contributed by atoms with Crippen molar-refractivity contribution in [3.05, 3.63) is 40.4 Å².